The number of amides is 1. The Balaban J connectivity index is 1.61. The van der Waals surface area contributed by atoms with Crippen molar-refractivity contribution >= 4 is 6.09 Å². The molecule has 1 aliphatic rings. The Morgan fingerprint density at radius 1 is 1.39 bits per heavy atom. The fourth-order valence-corrected chi connectivity index (χ4v) is 2.44. The molecule has 1 aliphatic heterocycles. The van der Waals surface area contributed by atoms with E-state index in [9.17, 15) is 4.79 Å². The molecule has 2 N–H and O–H groups in total. The van der Waals surface area contributed by atoms with E-state index in [4.69, 9.17) is 9.47 Å². The second-order valence-electron chi connectivity index (χ2n) is 6.67. The lowest BCUT2D eigenvalue weighted by Crippen LogP contribution is -2.33. The summed E-state index contributed by atoms with van der Waals surface area (Å²) in [6.07, 6.45) is 4.26. The average Bonchev–Trinajstić information content (AvgIpc) is 2.49. The van der Waals surface area contributed by atoms with Crippen molar-refractivity contribution in [2.45, 2.75) is 51.7 Å². The first kappa shape index (κ1) is 17.5. The number of alkyl carbamates (subject to hydrolysis) is 1. The predicted octanol–water partition coefficient (Wildman–Crippen LogP) is 2.80. The number of rotatable bonds is 6. The molecule has 0 radical (unpaired) electrons. The Kier molecular flexibility index (Phi) is 6.21. The van der Waals surface area contributed by atoms with E-state index in [1.165, 1.54) is 0 Å². The number of unbranched alkanes of at least 4 members (excludes halogenated alkanes) is 1. The SMILES string of the molecule is CC(C)(C)OC(=O)NCCCCNC1CCOc2cccnc21. The lowest BCUT2D eigenvalue weighted by Gasteiger charge is -2.25. The number of ether oxygens (including phenoxy) is 2. The molecule has 128 valence electrons. The van der Waals surface area contributed by atoms with E-state index >= 15 is 0 Å². The first-order valence-corrected chi connectivity index (χ1v) is 8.24. The number of nitrogens with zero attached hydrogens (tertiary/aromatic N) is 1. The Morgan fingerprint density at radius 2 is 2.17 bits per heavy atom. The highest BCUT2D eigenvalue weighted by Crippen LogP contribution is 2.29. The molecule has 0 saturated carbocycles. The molecule has 23 heavy (non-hydrogen) atoms. The first-order valence-electron chi connectivity index (χ1n) is 8.24. The summed E-state index contributed by atoms with van der Waals surface area (Å²) < 4.78 is 10.8. The van der Waals surface area contributed by atoms with E-state index in [0.717, 1.165) is 43.9 Å². The zero-order valence-electron chi connectivity index (χ0n) is 14.2. The van der Waals surface area contributed by atoms with Gasteiger partial charge in [-0.1, -0.05) is 0 Å². The molecule has 0 aromatic carbocycles. The van der Waals surface area contributed by atoms with Gasteiger partial charge in [-0.05, 0) is 52.3 Å². The maximum Gasteiger partial charge on any atom is 0.407 e. The number of carbonyl (C=O) groups excluding carboxylic acids is 1. The summed E-state index contributed by atoms with van der Waals surface area (Å²) in [7, 11) is 0. The molecule has 1 unspecified atom stereocenters. The monoisotopic (exact) mass is 321 g/mol. The predicted molar refractivity (Wildman–Crippen MR) is 88.6 cm³/mol. The second-order valence-corrected chi connectivity index (χ2v) is 6.67. The lowest BCUT2D eigenvalue weighted by molar-refractivity contribution is 0.0527. The average molecular weight is 321 g/mol. The molecule has 0 saturated heterocycles. The third-order valence-electron chi connectivity index (χ3n) is 3.46. The summed E-state index contributed by atoms with van der Waals surface area (Å²) in [4.78, 5) is 15.9. The van der Waals surface area contributed by atoms with Gasteiger partial charge in [-0.2, -0.15) is 0 Å². The number of aromatic nitrogens is 1. The number of hydrogen-bond acceptors (Lipinski definition) is 5. The van der Waals surface area contributed by atoms with Crippen molar-refractivity contribution in [2.75, 3.05) is 19.7 Å². The van der Waals surface area contributed by atoms with Crippen molar-refractivity contribution in [3.05, 3.63) is 24.0 Å². The zero-order valence-corrected chi connectivity index (χ0v) is 14.2. The summed E-state index contributed by atoms with van der Waals surface area (Å²) in [6, 6.07) is 4.10. The molecule has 2 rings (SSSR count). The molecule has 0 fully saturated rings. The van der Waals surface area contributed by atoms with Crippen molar-refractivity contribution in [3.8, 4) is 5.75 Å². The van der Waals surface area contributed by atoms with Crippen molar-refractivity contribution in [2.24, 2.45) is 0 Å². The first-order chi connectivity index (χ1) is 11.0. The summed E-state index contributed by atoms with van der Waals surface area (Å²) >= 11 is 0. The van der Waals surface area contributed by atoms with Crippen LogP contribution in [0.25, 0.3) is 0 Å². The van der Waals surface area contributed by atoms with Crippen LogP contribution in [0.15, 0.2) is 18.3 Å². The normalized spacial score (nSPS) is 17.1. The van der Waals surface area contributed by atoms with Crippen molar-refractivity contribution < 1.29 is 14.3 Å². The van der Waals surface area contributed by atoms with E-state index in [-0.39, 0.29) is 12.1 Å². The molecule has 0 aliphatic carbocycles. The largest absolute Gasteiger partial charge is 0.492 e. The van der Waals surface area contributed by atoms with Gasteiger partial charge < -0.3 is 20.1 Å². The molecule has 6 heteroatoms. The molecule has 0 spiro atoms. The standard InChI is InChI=1S/C17H27N3O3/c1-17(2,3)23-16(21)20-10-5-4-9-18-13-8-12-22-14-7-6-11-19-15(13)14/h6-7,11,13,18H,4-5,8-10,12H2,1-3H3,(H,20,21). The fraction of sp³-hybridized carbons (Fsp3) is 0.647. The second kappa shape index (κ2) is 8.15. The Labute approximate surface area is 138 Å². The molecular weight excluding hydrogens is 294 g/mol. The van der Waals surface area contributed by atoms with E-state index < -0.39 is 5.60 Å². The van der Waals surface area contributed by atoms with Gasteiger partial charge in [0.2, 0.25) is 0 Å². The highest BCUT2D eigenvalue weighted by molar-refractivity contribution is 5.67. The third kappa shape index (κ3) is 6.06. The minimum absolute atomic E-state index is 0.249. The molecule has 1 aromatic rings. The van der Waals surface area contributed by atoms with Crippen LogP contribution in [0, 0.1) is 0 Å². The van der Waals surface area contributed by atoms with E-state index in [1.807, 2.05) is 32.9 Å². The Bertz CT molecular complexity index is 514. The van der Waals surface area contributed by atoms with Crippen LogP contribution < -0.4 is 15.4 Å². The van der Waals surface area contributed by atoms with Crippen LogP contribution in [0.5, 0.6) is 5.75 Å². The topological polar surface area (TPSA) is 72.5 Å². The minimum atomic E-state index is -0.449. The van der Waals surface area contributed by atoms with Crippen LogP contribution in [-0.2, 0) is 4.74 Å². The highest BCUT2D eigenvalue weighted by Gasteiger charge is 2.21. The van der Waals surface area contributed by atoms with Gasteiger partial charge in [-0.25, -0.2) is 4.79 Å². The molecular formula is C17H27N3O3. The molecule has 0 bridgehead atoms. The molecule has 2 heterocycles. The number of carbonyl (C=O) groups is 1. The van der Waals surface area contributed by atoms with E-state index in [1.54, 1.807) is 6.20 Å². The quantitative estimate of drug-likeness (QED) is 0.788. The number of nitrogens with one attached hydrogen (secondary N) is 2. The van der Waals surface area contributed by atoms with Crippen LogP contribution in [0.2, 0.25) is 0 Å². The summed E-state index contributed by atoms with van der Waals surface area (Å²) in [5, 5.41) is 6.29. The fourth-order valence-electron chi connectivity index (χ4n) is 2.44. The zero-order chi connectivity index (χ0) is 16.7. The van der Waals surface area contributed by atoms with Crippen LogP contribution in [0.3, 0.4) is 0 Å². The lowest BCUT2D eigenvalue weighted by atomic mass is 10.1. The van der Waals surface area contributed by atoms with Gasteiger partial charge in [-0.15, -0.1) is 0 Å². The minimum Gasteiger partial charge on any atom is -0.492 e. The molecule has 6 nitrogen and oxygen atoms in total. The Morgan fingerprint density at radius 3 is 2.96 bits per heavy atom. The van der Waals surface area contributed by atoms with Crippen LogP contribution in [0.1, 0.15) is 51.8 Å². The van der Waals surface area contributed by atoms with Gasteiger partial charge >= 0.3 is 6.09 Å². The smallest absolute Gasteiger partial charge is 0.407 e. The number of fused-ring (bicyclic) bond motifs is 1. The maximum absolute atomic E-state index is 11.5. The molecule has 1 amide bonds. The number of hydrogen-bond donors (Lipinski definition) is 2. The van der Waals surface area contributed by atoms with Gasteiger partial charge in [0.05, 0.1) is 18.3 Å². The summed E-state index contributed by atoms with van der Waals surface area (Å²) in [6.45, 7) is 7.80. The summed E-state index contributed by atoms with van der Waals surface area (Å²) in [5.74, 6) is 0.878. The van der Waals surface area contributed by atoms with Crippen LogP contribution in [-0.4, -0.2) is 36.4 Å². The third-order valence-corrected chi connectivity index (χ3v) is 3.46. The van der Waals surface area contributed by atoms with Crippen LogP contribution in [0.4, 0.5) is 4.79 Å². The van der Waals surface area contributed by atoms with Crippen LogP contribution >= 0.6 is 0 Å². The van der Waals surface area contributed by atoms with Gasteiger partial charge in [0.25, 0.3) is 0 Å². The van der Waals surface area contributed by atoms with Gasteiger partial charge in [-0.3, -0.25) is 4.98 Å². The van der Waals surface area contributed by atoms with Gasteiger partial charge in [0.15, 0.2) is 0 Å². The summed E-state index contributed by atoms with van der Waals surface area (Å²) in [5.41, 5.74) is 0.542. The van der Waals surface area contributed by atoms with Crippen molar-refractivity contribution in [1.29, 1.82) is 0 Å². The van der Waals surface area contributed by atoms with E-state index in [2.05, 4.69) is 15.6 Å². The van der Waals surface area contributed by atoms with Gasteiger partial charge in [0, 0.05) is 19.2 Å². The highest BCUT2D eigenvalue weighted by atomic mass is 16.6. The van der Waals surface area contributed by atoms with Crippen molar-refractivity contribution in [3.63, 3.8) is 0 Å². The Hall–Kier alpha value is -1.82. The van der Waals surface area contributed by atoms with Gasteiger partial charge in [0.1, 0.15) is 11.4 Å². The molecule has 1 aromatic heterocycles. The van der Waals surface area contributed by atoms with Crippen molar-refractivity contribution in [1.82, 2.24) is 15.6 Å². The number of pyridine rings is 1. The molecule has 1 atom stereocenters. The van der Waals surface area contributed by atoms with E-state index in [0.29, 0.717) is 6.54 Å². The maximum atomic E-state index is 11.5.